The van der Waals surface area contributed by atoms with E-state index in [2.05, 4.69) is 5.32 Å². The van der Waals surface area contributed by atoms with Crippen molar-refractivity contribution in [2.24, 2.45) is 5.92 Å². The molecule has 2 rings (SSSR count). The van der Waals surface area contributed by atoms with Crippen LogP contribution in [0.1, 0.15) is 31.4 Å². The van der Waals surface area contributed by atoms with Gasteiger partial charge in [-0.25, -0.2) is 0 Å². The topological polar surface area (TPSA) is 93.4 Å². The lowest BCUT2D eigenvalue weighted by Gasteiger charge is -2.29. The van der Waals surface area contributed by atoms with E-state index in [-0.39, 0.29) is 17.5 Å². The molecule has 0 saturated carbocycles. The van der Waals surface area contributed by atoms with E-state index in [1.807, 2.05) is 48.2 Å². The summed E-state index contributed by atoms with van der Waals surface area (Å²) in [5.41, 5.74) is 0.997. The standard InChI is InChI=1S/C18H21N3O3/c1-13(14-5-3-2-4-6-14)20-17(22)16(11-19)12-21-9-7-15(8-10-21)18(23)24/h2-6,12-13,15H,7-10H2,1H3,(H,20,22)(H,23,24)/b16-12-. The Kier molecular flexibility index (Phi) is 5.96. The molecule has 0 radical (unpaired) electrons. The van der Waals surface area contributed by atoms with E-state index in [0.717, 1.165) is 5.56 Å². The molecule has 2 N–H and O–H groups in total. The van der Waals surface area contributed by atoms with Gasteiger partial charge in [-0.05, 0) is 25.3 Å². The van der Waals surface area contributed by atoms with Crippen molar-refractivity contribution in [3.63, 3.8) is 0 Å². The number of carbonyl (C=O) groups excluding carboxylic acids is 1. The van der Waals surface area contributed by atoms with Crippen molar-refractivity contribution in [2.45, 2.75) is 25.8 Å². The van der Waals surface area contributed by atoms with Crippen molar-refractivity contribution in [1.82, 2.24) is 10.2 Å². The third kappa shape index (κ3) is 4.59. The number of nitriles is 1. The van der Waals surface area contributed by atoms with E-state index in [1.165, 1.54) is 6.20 Å². The maximum Gasteiger partial charge on any atom is 0.306 e. The summed E-state index contributed by atoms with van der Waals surface area (Å²) in [4.78, 5) is 25.1. The molecule has 0 aromatic heterocycles. The number of carboxylic acids is 1. The highest BCUT2D eigenvalue weighted by molar-refractivity contribution is 5.97. The number of aliphatic carboxylic acids is 1. The van der Waals surface area contributed by atoms with Crippen LogP contribution in [0.4, 0.5) is 0 Å². The van der Waals surface area contributed by atoms with E-state index < -0.39 is 11.9 Å². The summed E-state index contributed by atoms with van der Waals surface area (Å²) in [6.45, 7) is 2.92. The number of rotatable bonds is 5. The molecule has 126 valence electrons. The van der Waals surface area contributed by atoms with Gasteiger partial charge in [0, 0.05) is 19.3 Å². The van der Waals surface area contributed by atoms with Crippen LogP contribution in [0.5, 0.6) is 0 Å². The third-order valence-electron chi connectivity index (χ3n) is 4.20. The third-order valence-corrected chi connectivity index (χ3v) is 4.20. The zero-order chi connectivity index (χ0) is 17.5. The summed E-state index contributed by atoms with van der Waals surface area (Å²) in [5, 5.41) is 21.1. The van der Waals surface area contributed by atoms with Gasteiger partial charge in [0.25, 0.3) is 5.91 Å². The summed E-state index contributed by atoms with van der Waals surface area (Å²) in [5.74, 6) is -1.55. The predicted molar refractivity (Wildman–Crippen MR) is 88.6 cm³/mol. The summed E-state index contributed by atoms with van der Waals surface area (Å²) < 4.78 is 0. The van der Waals surface area contributed by atoms with Crippen molar-refractivity contribution >= 4 is 11.9 Å². The number of carbonyl (C=O) groups is 2. The molecule has 0 bridgehead atoms. The number of piperidine rings is 1. The molecule has 1 atom stereocenters. The first-order valence-corrected chi connectivity index (χ1v) is 7.96. The van der Waals surface area contributed by atoms with Gasteiger partial charge in [0.2, 0.25) is 0 Å². The maximum atomic E-state index is 12.3. The van der Waals surface area contributed by atoms with E-state index in [0.29, 0.717) is 25.9 Å². The molecule has 0 aliphatic carbocycles. The first-order valence-electron chi connectivity index (χ1n) is 7.96. The molecule has 1 aliphatic rings. The fourth-order valence-electron chi connectivity index (χ4n) is 2.70. The van der Waals surface area contributed by atoms with Crippen LogP contribution in [-0.2, 0) is 9.59 Å². The highest BCUT2D eigenvalue weighted by atomic mass is 16.4. The van der Waals surface area contributed by atoms with Gasteiger partial charge in [-0.15, -0.1) is 0 Å². The van der Waals surface area contributed by atoms with Crippen LogP contribution in [0.2, 0.25) is 0 Å². The molecule has 6 nitrogen and oxygen atoms in total. The first-order chi connectivity index (χ1) is 11.5. The second kappa shape index (κ2) is 8.16. The maximum absolute atomic E-state index is 12.3. The van der Waals surface area contributed by atoms with Crippen molar-refractivity contribution in [3.05, 3.63) is 47.7 Å². The van der Waals surface area contributed by atoms with Crippen LogP contribution >= 0.6 is 0 Å². The smallest absolute Gasteiger partial charge is 0.306 e. The minimum absolute atomic E-state index is 0.0338. The SMILES string of the molecule is CC(NC(=O)/C(C#N)=C\N1CCC(C(=O)O)CC1)c1ccccc1. The van der Waals surface area contributed by atoms with Crippen LogP contribution in [0, 0.1) is 17.2 Å². The second-order valence-corrected chi connectivity index (χ2v) is 5.91. The van der Waals surface area contributed by atoms with Gasteiger partial charge < -0.3 is 15.3 Å². The van der Waals surface area contributed by atoms with E-state index in [4.69, 9.17) is 5.11 Å². The predicted octanol–water partition coefficient (Wildman–Crippen LogP) is 2.07. The quantitative estimate of drug-likeness (QED) is 0.638. The van der Waals surface area contributed by atoms with Gasteiger partial charge in [-0.1, -0.05) is 30.3 Å². The molecular weight excluding hydrogens is 306 g/mol. The summed E-state index contributed by atoms with van der Waals surface area (Å²) >= 11 is 0. The molecule has 1 heterocycles. The molecule has 1 aromatic rings. The highest BCUT2D eigenvalue weighted by Crippen LogP contribution is 2.18. The Morgan fingerprint density at radius 1 is 1.33 bits per heavy atom. The van der Waals surface area contributed by atoms with E-state index >= 15 is 0 Å². The molecule has 0 spiro atoms. The van der Waals surface area contributed by atoms with Crippen molar-refractivity contribution in [2.75, 3.05) is 13.1 Å². The Hall–Kier alpha value is -2.81. The number of carboxylic acid groups (broad SMARTS) is 1. The average Bonchev–Trinajstić information content (AvgIpc) is 2.60. The number of nitrogens with zero attached hydrogens (tertiary/aromatic N) is 2. The molecule has 1 amide bonds. The number of amides is 1. The molecule has 1 fully saturated rings. The largest absolute Gasteiger partial charge is 0.481 e. The lowest BCUT2D eigenvalue weighted by Crippen LogP contribution is -2.34. The summed E-state index contributed by atoms with van der Waals surface area (Å²) in [6.07, 6.45) is 2.57. The fraction of sp³-hybridized carbons (Fsp3) is 0.389. The van der Waals surface area contributed by atoms with Crippen molar-refractivity contribution in [3.8, 4) is 6.07 Å². The summed E-state index contributed by atoms with van der Waals surface area (Å²) in [7, 11) is 0. The van der Waals surface area contributed by atoms with Gasteiger partial charge in [-0.3, -0.25) is 9.59 Å². The fourth-order valence-corrected chi connectivity index (χ4v) is 2.70. The van der Waals surface area contributed by atoms with E-state index in [9.17, 15) is 14.9 Å². The lowest BCUT2D eigenvalue weighted by atomic mass is 9.97. The van der Waals surface area contributed by atoms with Crippen molar-refractivity contribution < 1.29 is 14.7 Å². The molecule has 1 aliphatic heterocycles. The molecule has 6 heteroatoms. The zero-order valence-corrected chi connectivity index (χ0v) is 13.6. The van der Waals surface area contributed by atoms with Crippen LogP contribution in [0.15, 0.2) is 42.1 Å². The van der Waals surface area contributed by atoms with Crippen LogP contribution < -0.4 is 5.32 Å². The van der Waals surface area contributed by atoms with Crippen LogP contribution in [0.25, 0.3) is 0 Å². The summed E-state index contributed by atoms with van der Waals surface area (Å²) in [6, 6.07) is 11.2. The Balaban J connectivity index is 1.97. The molecule has 24 heavy (non-hydrogen) atoms. The normalized spacial score (nSPS) is 17.0. The highest BCUT2D eigenvalue weighted by Gasteiger charge is 2.24. The number of nitrogens with one attached hydrogen (secondary N) is 1. The Morgan fingerprint density at radius 2 is 1.96 bits per heavy atom. The minimum Gasteiger partial charge on any atom is -0.481 e. The zero-order valence-electron chi connectivity index (χ0n) is 13.6. The Bertz CT molecular complexity index is 656. The van der Waals surface area contributed by atoms with Gasteiger partial charge >= 0.3 is 5.97 Å². The van der Waals surface area contributed by atoms with Crippen LogP contribution in [-0.4, -0.2) is 35.0 Å². The number of likely N-dealkylation sites (tertiary alicyclic amines) is 1. The monoisotopic (exact) mass is 327 g/mol. The number of benzene rings is 1. The molecule has 1 unspecified atom stereocenters. The molecular formula is C18H21N3O3. The Morgan fingerprint density at radius 3 is 2.50 bits per heavy atom. The first kappa shape index (κ1) is 17.5. The van der Waals surface area contributed by atoms with Gasteiger partial charge in [0.15, 0.2) is 0 Å². The Labute approximate surface area is 141 Å². The molecule has 1 saturated heterocycles. The van der Waals surface area contributed by atoms with Crippen molar-refractivity contribution in [1.29, 1.82) is 5.26 Å². The van der Waals surface area contributed by atoms with Gasteiger partial charge in [0.05, 0.1) is 12.0 Å². The van der Waals surface area contributed by atoms with E-state index in [1.54, 1.807) is 0 Å². The number of hydrogen-bond donors (Lipinski definition) is 2. The second-order valence-electron chi connectivity index (χ2n) is 5.91. The minimum atomic E-state index is -0.784. The number of hydrogen-bond acceptors (Lipinski definition) is 4. The molecule has 1 aromatic carbocycles. The lowest BCUT2D eigenvalue weighted by molar-refractivity contribution is -0.143. The van der Waals surface area contributed by atoms with Crippen LogP contribution in [0.3, 0.4) is 0 Å². The van der Waals surface area contributed by atoms with Gasteiger partial charge in [-0.2, -0.15) is 5.26 Å². The van der Waals surface area contributed by atoms with Gasteiger partial charge in [0.1, 0.15) is 11.6 Å². The average molecular weight is 327 g/mol.